The molecule has 1 aliphatic heterocycles. The van der Waals surface area contributed by atoms with Crippen LogP contribution in [0.4, 0.5) is 0 Å². The zero-order chi connectivity index (χ0) is 16.2. The van der Waals surface area contributed by atoms with Gasteiger partial charge in [-0.05, 0) is 50.2 Å². The van der Waals surface area contributed by atoms with E-state index in [9.17, 15) is 9.59 Å². The van der Waals surface area contributed by atoms with Crippen LogP contribution in [0.2, 0.25) is 0 Å². The number of carbonyl (C=O) groups is 2. The van der Waals surface area contributed by atoms with Crippen molar-refractivity contribution < 1.29 is 9.59 Å². The lowest BCUT2D eigenvalue weighted by Crippen LogP contribution is -2.46. The van der Waals surface area contributed by atoms with E-state index in [0.717, 1.165) is 38.6 Å². The fraction of sp³-hybridized carbons (Fsp3) is 0.579. The Morgan fingerprint density at radius 2 is 1.96 bits per heavy atom. The SMILES string of the molecule is Cc1ccccc1CCNC(=O)[C@@H]1CCCN(C(=O)C2CC2)C1. The molecule has 1 aliphatic carbocycles. The van der Waals surface area contributed by atoms with Crippen LogP contribution in [0.3, 0.4) is 0 Å². The topological polar surface area (TPSA) is 49.4 Å². The Balaban J connectivity index is 1.46. The summed E-state index contributed by atoms with van der Waals surface area (Å²) in [4.78, 5) is 26.4. The number of hydrogen-bond donors (Lipinski definition) is 1. The fourth-order valence-corrected chi connectivity index (χ4v) is 3.34. The molecule has 4 nitrogen and oxygen atoms in total. The van der Waals surface area contributed by atoms with Gasteiger partial charge in [-0.15, -0.1) is 0 Å². The van der Waals surface area contributed by atoms with Gasteiger partial charge < -0.3 is 10.2 Å². The van der Waals surface area contributed by atoms with Crippen LogP contribution >= 0.6 is 0 Å². The second kappa shape index (κ2) is 7.16. The predicted octanol–water partition coefficient (Wildman–Crippen LogP) is 2.30. The van der Waals surface area contributed by atoms with Gasteiger partial charge in [0.05, 0.1) is 5.92 Å². The van der Waals surface area contributed by atoms with Crippen molar-refractivity contribution in [1.82, 2.24) is 10.2 Å². The van der Waals surface area contributed by atoms with Gasteiger partial charge >= 0.3 is 0 Å². The van der Waals surface area contributed by atoms with Crippen molar-refractivity contribution in [2.45, 2.75) is 39.0 Å². The molecule has 0 spiro atoms. The molecule has 1 atom stereocenters. The lowest BCUT2D eigenvalue weighted by atomic mass is 9.96. The molecule has 0 radical (unpaired) electrons. The van der Waals surface area contributed by atoms with E-state index in [2.05, 4.69) is 24.4 Å². The largest absolute Gasteiger partial charge is 0.355 e. The van der Waals surface area contributed by atoms with Crippen LogP contribution in [0.15, 0.2) is 24.3 Å². The highest BCUT2D eigenvalue weighted by molar-refractivity contribution is 5.83. The molecule has 4 heteroatoms. The van der Waals surface area contributed by atoms with Gasteiger partial charge in [0.2, 0.25) is 11.8 Å². The third-order valence-electron chi connectivity index (χ3n) is 4.99. The second-order valence-electron chi connectivity index (χ2n) is 6.87. The summed E-state index contributed by atoms with van der Waals surface area (Å²) in [6.07, 6.45) is 4.75. The maximum absolute atomic E-state index is 12.4. The minimum atomic E-state index is -0.0386. The Labute approximate surface area is 138 Å². The molecule has 1 heterocycles. The van der Waals surface area contributed by atoms with E-state index in [1.54, 1.807) is 0 Å². The van der Waals surface area contributed by atoms with Crippen molar-refractivity contribution in [2.24, 2.45) is 11.8 Å². The lowest BCUT2D eigenvalue weighted by Gasteiger charge is -2.32. The van der Waals surface area contributed by atoms with Gasteiger partial charge in [0, 0.05) is 25.6 Å². The summed E-state index contributed by atoms with van der Waals surface area (Å²) in [6, 6.07) is 8.27. The molecule has 2 amide bonds. The minimum absolute atomic E-state index is 0.0386. The average molecular weight is 314 g/mol. The van der Waals surface area contributed by atoms with Gasteiger partial charge in [0.25, 0.3) is 0 Å². The summed E-state index contributed by atoms with van der Waals surface area (Å²) < 4.78 is 0. The van der Waals surface area contributed by atoms with Gasteiger partial charge in [0.1, 0.15) is 0 Å². The summed E-state index contributed by atoms with van der Waals surface area (Å²) in [7, 11) is 0. The normalized spacial score (nSPS) is 21.1. The summed E-state index contributed by atoms with van der Waals surface area (Å²) in [6.45, 7) is 4.18. The van der Waals surface area contributed by atoms with E-state index < -0.39 is 0 Å². The van der Waals surface area contributed by atoms with Gasteiger partial charge in [-0.3, -0.25) is 9.59 Å². The van der Waals surface area contributed by atoms with E-state index in [0.29, 0.717) is 13.1 Å². The second-order valence-corrected chi connectivity index (χ2v) is 6.87. The van der Waals surface area contributed by atoms with Crippen molar-refractivity contribution in [3.05, 3.63) is 35.4 Å². The van der Waals surface area contributed by atoms with Gasteiger partial charge in [-0.1, -0.05) is 24.3 Å². The van der Waals surface area contributed by atoms with Crippen LogP contribution in [0.1, 0.15) is 36.8 Å². The summed E-state index contributed by atoms with van der Waals surface area (Å²) in [5, 5.41) is 3.06. The number of nitrogens with one attached hydrogen (secondary N) is 1. The first-order chi connectivity index (χ1) is 11.1. The number of amides is 2. The molecule has 0 unspecified atom stereocenters. The Bertz CT molecular complexity index is 580. The first-order valence-corrected chi connectivity index (χ1v) is 8.76. The molecule has 2 aliphatic rings. The molecule has 1 saturated heterocycles. The number of nitrogens with zero attached hydrogens (tertiary/aromatic N) is 1. The van der Waals surface area contributed by atoms with Crippen molar-refractivity contribution >= 4 is 11.8 Å². The molecule has 2 fully saturated rings. The number of hydrogen-bond acceptors (Lipinski definition) is 2. The van der Waals surface area contributed by atoms with E-state index >= 15 is 0 Å². The third-order valence-corrected chi connectivity index (χ3v) is 4.99. The first-order valence-electron chi connectivity index (χ1n) is 8.76. The molecular weight excluding hydrogens is 288 g/mol. The number of likely N-dealkylation sites (tertiary alicyclic amines) is 1. The lowest BCUT2D eigenvalue weighted by molar-refractivity contribution is -0.136. The Morgan fingerprint density at radius 1 is 1.17 bits per heavy atom. The standard InChI is InChI=1S/C19H26N2O2/c1-14-5-2-3-6-15(14)10-11-20-18(22)17-7-4-12-21(13-17)19(23)16-8-9-16/h2-3,5-6,16-17H,4,7-13H2,1H3,(H,20,22)/t17-/m1/s1. The van der Waals surface area contributed by atoms with E-state index in [-0.39, 0.29) is 23.7 Å². The van der Waals surface area contributed by atoms with Gasteiger partial charge in [0.15, 0.2) is 0 Å². The Kier molecular flexibility index (Phi) is 4.99. The third kappa shape index (κ3) is 4.12. The van der Waals surface area contributed by atoms with E-state index in [4.69, 9.17) is 0 Å². The zero-order valence-electron chi connectivity index (χ0n) is 13.9. The van der Waals surface area contributed by atoms with Crippen molar-refractivity contribution in [3.8, 4) is 0 Å². The van der Waals surface area contributed by atoms with Gasteiger partial charge in [-0.2, -0.15) is 0 Å². The van der Waals surface area contributed by atoms with Crippen LogP contribution < -0.4 is 5.32 Å². The van der Waals surface area contributed by atoms with Gasteiger partial charge in [-0.25, -0.2) is 0 Å². The van der Waals surface area contributed by atoms with Crippen molar-refractivity contribution in [2.75, 3.05) is 19.6 Å². The quantitative estimate of drug-likeness (QED) is 0.906. The Hall–Kier alpha value is -1.84. The van der Waals surface area contributed by atoms with Crippen molar-refractivity contribution in [1.29, 1.82) is 0 Å². The molecule has 1 aromatic carbocycles. The summed E-state index contributed by atoms with van der Waals surface area (Å²) >= 11 is 0. The number of piperidine rings is 1. The number of aryl methyl sites for hydroxylation is 1. The molecule has 0 bridgehead atoms. The average Bonchev–Trinajstić information content (AvgIpc) is 3.41. The van der Waals surface area contributed by atoms with Crippen LogP contribution in [0.5, 0.6) is 0 Å². The smallest absolute Gasteiger partial charge is 0.225 e. The van der Waals surface area contributed by atoms with E-state index in [1.165, 1.54) is 11.1 Å². The number of carbonyl (C=O) groups excluding carboxylic acids is 2. The fourth-order valence-electron chi connectivity index (χ4n) is 3.34. The number of rotatable bonds is 5. The first kappa shape index (κ1) is 16.0. The zero-order valence-corrected chi connectivity index (χ0v) is 13.9. The summed E-state index contributed by atoms with van der Waals surface area (Å²) in [5.74, 6) is 0.579. The van der Waals surface area contributed by atoms with Crippen LogP contribution in [-0.4, -0.2) is 36.3 Å². The van der Waals surface area contributed by atoms with Crippen LogP contribution in [0.25, 0.3) is 0 Å². The molecule has 124 valence electrons. The number of benzene rings is 1. The van der Waals surface area contributed by atoms with Crippen LogP contribution in [0, 0.1) is 18.8 Å². The molecule has 0 aromatic heterocycles. The Morgan fingerprint density at radius 3 is 2.70 bits per heavy atom. The molecule has 1 saturated carbocycles. The highest BCUT2D eigenvalue weighted by Gasteiger charge is 2.36. The maximum atomic E-state index is 12.4. The molecule has 1 N–H and O–H groups in total. The molecular formula is C19H26N2O2. The minimum Gasteiger partial charge on any atom is -0.355 e. The highest BCUT2D eigenvalue weighted by atomic mass is 16.2. The molecule has 1 aromatic rings. The molecule has 23 heavy (non-hydrogen) atoms. The highest BCUT2D eigenvalue weighted by Crippen LogP contribution is 2.32. The monoisotopic (exact) mass is 314 g/mol. The maximum Gasteiger partial charge on any atom is 0.225 e. The summed E-state index contributed by atoms with van der Waals surface area (Å²) in [5.41, 5.74) is 2.54. The van der Waals surface area contributed by atoms with Crippen LogP contribution in [-0.2, 0) is 16.0 Å². The predicted molar refractivity (Wildman–Crippen MR) is 89.9 cm³/mol. The van der Waals surface area contributed by atoms with E-state index in [1.807, 2.05) is 17.0 Å². The molecule has 3 rings (SSSR count). The van der Waals surface area contributed by atoms with Crippen molar-refractivity contribution in [3.63, 3.8) is 0 Å².